The molecule has 0 aromatic carbocycles. The number of nitrogens with zero attached hydrogens (tertiary/aromatic N) is 1. The molecular weight excluding hydrogens is 262 g/mol. The quantitative estimate of drug-likeness (QED) is 0.797. The summed E-state index contributed by atoms with van der Waals surface area (Å²) in [5.74, 6) is 0.512. The zero-order valence-electron chi connectivity index (χ0n) is 11.8. The second kappa shape index (κ2) is 6.01. The molecule has 0 atom stereocenters. The number of thiazole rings is 1. The highest BCUT2D eigenvalue weighted by Gasteiger charge is 2.38. The minimum absolute atomic E-state index is 0.239. The van der Waals surface area contributed by atoms with E-state index < -0.39 is 0 Å². The van der Waals surface area contributed by atoms with Gasteiger partial charge in [-0.3, -0.25) is 4.79 Å². The molecule has 1 heterocycles. The average Bonchev–Trinajstić information content (AvgIpc) is 2.89. The van der Waals surface area contributed by atoms with Crippen LogP contribution in [0, 0.1) is 5.92 Å². The van der Waals surface area contributed by atoms with Gasteiger partial charge in [0.1, 0.15) is 10.6 Å². The highest BCUT2D eigenvalue weighted by Crippen LogP contribution is 2.43. The van der Waals surface area contributed by atoms with E-state index in [0.29, 0.717) is 0 Å². The maximum absolute atomic E-state index is 11.3. The summed E-state index contributed by atoms with van der Waals surface area (Å²) in [6, 6.07) is 0. The van der Waals surface area contributed by atoms with E-state index in [0.717, 1.165) is 29.5 Å². The van der Waals surface area contributed by atoms with E-state index in [1.807, 2.05) is 5.38 Å². The summed E-state index contributed by atoms with van der Waals surface area (Å²) >= 11 is 1.59. The van der Waals surface area contributed by atoms with Crippen molar-refractivity contribution in [1.82, 2.24) is 4.98 Å². The lowest BCUT2D eigenvalue weighted by Gasteiger charge is -2.36. The van der Waals surface area contributed by atoms with Crippen LogP contribution in [0.4, 0.5) is 0 Å². The van der Waals surface area contributed by atoms with Crippen molar-refractivity contribution in [2.45, 2.75) is 44.6 Å². The number of hydrogen-bond acceptors (Lipinski definition) is 5. The van der Waals surface area contributed by atoms with Crippen LogP contribution in [0.5, 0.6) is 0 Å². The van der Waals surface area contributed by atoms with Crippen LogP contribution in [0.2, 0.25) is 0 Å². The minimum Gasteiger partial charge on any atom is -0.469 e. The minimum atomic E-state index is -0.249. The molecule has 19 heavy (non-hydrogen) atoms. The van der Waals surface area contributed by atoms with Gasteiger partial charge in [0.05, 0.1) is 19.2 Å². The van der Waals surface area contributed by atoms with E-state index in [9.17, 15) is 4.79 Å². The molecule has 106 valence electrons. The molecule has 1 aliphatic carbocycles. The molecule has 1 aliphatic rings. The Labute approximate surface area is 118 Å². The SMILES string of the molecule is COC(=O)Cc1csc(C2(OC)CCC(C)CC2)n1. The van der Waals surface area contributed by atoms with Gasteiger partial charge in [-0.05, 0) is 31.6 Å². The van der Waals surface area contributed by atoms with Crippen molar-refractivity contribution < 1.29 is 14.3 Å². The van der Waals surface area contributed by atoms with E-state index in [4.69, 9.17) is 4.74 Å². The van der Waals surface area contributed by atoms with Gasteiger partial charge >= 0.3 is 5.97 Å². The Hall–Kier alpha value is -0.940. The topological polar surface area (TPSA) is 48.4 Å². The number of methoxy groups -OCH3 is 2. The van der Waals surface area contributed by atoms with Crippen molar-refractivity contribution in [2.75, 3.05) is 14.2 Å². The van der Waals surface area contributed by atoms with Crippen LogP contribution < -0.4 is 0 Å². The zero-order chi connectivity index (χ0) is 13.9. The summed E-state index contributed by atoms with van der Waals surface area (Å²) in [4.78, 5) is 15.9. The molecule has 5 heteroatoms. The number of carbonyl (C=O) groups excluding carboxylic acids is 1. The van der Waals surface area contributed by atoms with Crippen LogP contribution in [-0.4, -0.2) is 25.2 Å². The van der Waals surface area contributed by atoms with Gasteiger partial charge in [-0.2, -0.15) is 0 Å². The average molecular weight is 283 g/mol. The van der Waals surface area contributed by atoms with Gasteiger partial charge in [0, 0.05) is 12.5 Å². The lowest BCUT2D eigenvalue weighted by molar-refractivity contribution is -0.139. The number of rotatable bonds is 4. The van der Waals surface area contributed by atoms with Gasteiger partial charge in [-0.25, -0.2) is 4.98 Å². The van der Waals surface area contributed by atoms with Crippen LogP contribution in [-0.2, 0) is 26.3 Å². The highest BCUT2D eigenvalue weighted by molar-refractivity contribution is 7.09. The molecule has 0 amide bonds. The van der Waals surface area contributed by atoms with E-state index in [1.165, 1.54) is 20.0 Å². The third-order valence-electron chi connectivity index (χ3n) is 3.97. The highest BCUT2D eigenvalue weighted by atomic mass is 32.1. The predicted octanol–water partition coefficient (Wildman–Crippen LogP) is 2.91. The molecule has 1 saturated carbocycles. The lowest BCUT2D eigenvalue weighted by atomic mass is 9.80. The third kappa shape index (κ3) is 3.15. The van der Waals surface area contributed by atoms with E-state index >= 15 is 0 Å². The first-order valence-electron chi connectivity index (χ1n) is 6.66. The van der Waals surface area contributed by atoms with E-state index in [2.05, 4.69) is 16.6 Å². The fourth-order valence-corrected chi connectivity index (χ4v) is 3.61. The molecule has 0 spiro atoms. The van der Waals surface area contributed by atoms with Gasteiger partial charge in [0.25, 0.3) is 0 Å². The Balaban J connectivity index is 2.13. The Morgan fingerprint density at radius 1 is 1.47 bits per heavy atom. The Morgan fingerprint density at radius 3 is 2.74 bits per heavy atom. The van der Waals surface area contributed by atoms with Crippen molar-refractivity contribution in [3.63, 3.8) is 0 Å². The second-order valence-electron chi connectivity index (χ2n) is 5.28. The molecule has 0 bridgehead atoms. The largest absolute Gasteiger partial charge is 0.469 e. The van der Waals surface area contributed by atoms with Gasteiger partial charge in [0.15, 0.2) is 0 Å². The molecular formula is C14H21NO3S. The summed E-state index contributed by atoms with van der Waals surface area (Å²) in [6.45, 7) is 2.28. The molecule has 4 nitrogen and oxygen atoms in total. The molecule has 0 radical (unpaired) electrons. The van der Waals surface area contributed by atoms with Gasteiger partial charge < -0.3 is 9.47 Å². The molecule has 0 aliphatic heterocycles. The molecule has 0 unspecified atom stereocenters. The number of ether oxygens (including phenoxy) is 2. The fourth-order valence-electron chi connectivity index (χ4n) is 2.55. The van der Waals surface area contributed by atoms with E-state index in [1.54, 1.807) is 18.4 Å². The van der Waals surface area contributed by atoms with Crippen LogP contribution in [0.25, 0.3) is 0 Å². The normalized spacial score (nSPS) is 27.2. The van der Waals surface area contributed by atoms with Crippen LogP contribution >= 0.6 is 11.3 Å². The Bertz CT molecular complexity index is 436. The fraction of sp³-hybridized carbons (Fsp3) is 0.714. The number of hydrogen-bond donors (Lipinski definition) is 0. The van der Waals surface area contributed by atoms with Crippen LogP contribution in [0.15, 0.2) is 5.38 Å². The van der Waals surface area contributed by atoms with Crippen molar-refractivity contribution in [3.8, 4) is 0 Å². The third-order valence-corrected chi connectivity index (χ3v) is 5.04. The predicted molar refractivity (Wildman–Crippen MR) is 74.2 cm³/mol. The maximum atomic E-state index is 11.3. The molecule has 0 N–H and O–H groups in total. The number of aromatic nitrogens is 1. The van der Waals surface area contributed by atoms with Crippen LogP contribution in [0.3, 0.4) is 0 Å². The molecule has 2 rings (SSSR count). The zero-order valence-corrected chi connectivity index (χ0v) is 12.6. The Kier molecular flexibility index (Phi) is 4.58. The molecule has 1 fully saturated rings. The smallest absolute Gasteiger partial charge is 0.311 e. The molecule has 1 aromatic heterocycles. The molecule has 1 aromatic rings. The van der Waals surface area contributed by atoms with Crippen LogP contribution in [0.1, 0.15) is 43.3 Å². The second-order valence-corrected chi connectivity index (χ2v) is 6.14. The summed E-state index contributed by atoms with van der Waals surface area (Å²) in [7, 11) is 3.16. The number of esters is 1. The number of carbonyl (C=O) groups is 1. The summed E-state index contributed by atoms with van der Waals surface area (Å²) in [6.07, 6.45) is 4.59. The summed E-state index contributed by atoms with van der Waals surface area (Å²) in [5.41, 5.74) is 0.535. The van der Waals surface area contributed by atoms with Gasteiger partial charge in [-0.15, -0.1) is 11.3 Å². The van der Waals surface area contributed by atoms with Crippen molar-refractivity contribution in [3.05, 3.63) is 16.1 Å². The summed E-state index contributed by atoms with van der Waals surface area (Å²) < 4.78 is 10.5. The van der Waals surface area contributed by atoms with Gasteiger partial charge in [-0.1, -0.05) is 6.92 Å². The first-order valence-corrected chi connectivity index (χ1v) is 7.54. The first kappa shape index (κ1) is 14.5. The van der Waals surface area contributed by atoms with Crippen molar-refractivity contribution >= 4 is 17.3 Å². The molecule has 0 saturated heterocycles. The van der Waals surface area contributed by atoms with Gasteiger partial charge in [0.2, 0.25) is 0 Å². The monoisotopic (exact) mass is 283 g/mol. The standard InChI is InChI=1S/C14H21NO3S/c1-10-4-6-14(18-3,7-5-10)13-15-11(9-19-13)8-12(16)17-2/h9-10H,4-8H2,1-3H3. The first-order chi connectivity index (χ1) is 9.09. The maximum Gasteiger partial charge on any atom is 0.311 e. The lowest BCUT2D eigenvalue weighted by Crippen LogP contribution is -2.33. The summed E-state index contributed by atoms with van der Waals surface area (Å²) in [5, 5.41) is 2.94. The van der Waals surface area contributed by atoms with Crippen molar-refractivity contribution in [1.29, 1.82) is 0 Å². The van der Waals surface area contributed by atoms with Crippen molar-refractivity contribution in [2.24, 2.45) is 5.92 Å². The van der Waals surface area contributed by atoms with E-state index in [-0.39, 0.29) is 18.0 Å². The Morgan fingerprint density at radius 2 is 2.16 bits per heavy atom.